The number of benzene rings is 2. The third-order valence-corrected chi connectivity index (χ3v) is 5.21. The number of imide groups is 1. The number of carbonyl (C=O) groups is 3. The van der Waals surface area contributed by atoms with Gasteiger partial charge in [-0.05, 0) is 41.8 Å². The first-order valence-corrected chi connectivity index (χ1v) is 9.52. The van der Waals surface area contributed by atoms with E-state index in [2.05, 4.69) is 10.6 Å². The van der Waals surface area contributed by atoms with Gasteiger partial charge in [-0.15, -0.1) is 0 Å². The summed E-state index contributed by atoms with van der Waals surface area (Å²) in [6, 6.07) is 13.2. The highest BCUT2D eigenvalue weighted by Gasteiger charge is 2.51. The van der Waals surface area contributed by atoms with Crippen LogP contribution >= 0.6 is 23.2 Å². The Labute approximate surface area is 172 Å². The number of hydrogen-bond donors (Lipinski definition) is 2. The van der Waals surface area contributed by atoms with Gasteiger partial charge in [0.2, 0.25) is 5.91 Å². The first-order chi connectivity index (χ1) is 13.4. The van der Waals surface area contributed by atoms with Crippen LogP contribution in [0.5, 0.6) is 0 Å². The Kier molecular flexibility index (Phi) is 5.91. The monoisotopic (exact) mass is 419 g/mol. The molecule has 1 atom stereocenters. The van der Waals surface area contributed by atoms with E-state index in [9.17, 15) is 14.4 Å². The molecule has 0 aliphatic carbocycles. The van der Waals surface area contributed by atoms with Gasteiger partial charge < -0.3 is 10.6 Å². The highest BCUT2D eigenvalue weighted by molar-refractivity contribution is 6.30. The standard InChI is InChI=1S/C20H19Cl2N3O3/c1-2-20(14-6-8-15(21)9-7-14)18(27)25(19(28)24-20)12-17(26)23-11-13-4-3-5-16(22)10-13/h3-10H,2,11-12H2,1H3,(H,23,26)(H,24,28). The summed E-state index contributed by atoms with van der Waals surface area (Å²) in [6.45, 7) is 1.69. The molecule has 8 heteroatoms. The SMILES string of the molecule is CCC1(c2ccc(Cl)cc2)NC(=O)N(CC(=O)NCc2cccc(Cl)c2)C1=O. The average Bonchev–Trinajstić information content (AvgIpc) is 2.92. The van der Waals surface area contributed by atoms with Crippen LogP contribution in [0.2, 0.25) is 10.0 Å². The number of amides is 4. The number of nitrogens with one attached hydrogen (secondary N) is 2. The lowest BCUT2D eigenvalue weighted by atomic mass is 9.87. The first kappa shape index (κ1) is 20.2. The van der Waals surface area contributed by atoms with Crippen LogP contribution < -0.4 is 10.6 Å². The lowest BCUT2D eigenvalue weighted by molar-refractivity contribution is -0.135. The fourth-order valence-electron chi connectivity index (χ4n) is 3.19. The highest BCUT2D eigenvalue weighted by Crippen LogP contribution is 2.33. The summed E-state index contributed by atoms with van der Waals surface area (Å²) in [5.41, 5.74) is 0.247. The zero-order valence-electron chi connectivity index (χ0n) is 15.2. The van der Waals surface area contributed by atoms with Crippen molar-refractivity contribution in [1.29, 1.82) is 0 Å². The predicted octanol–water partition coefficient (Wildman–Crippen LogP) is 3.47. The maximum absolute atomic E-state index is 13.0. The van der Waals surface area contributed by atoms with Crippen molar-refractivity contribution in [1.82, 2.24) is 15.5 Å². The second-order valence-corrected chi connectivity index (χ2v) is 7.37. The molecule has 1 heterocycles. The van der Waals surface area contributed by atoms with Gasteiger partial charge in [-0.2, -0.15) is 0 Å². The Balaban J connectivity index is 1.70. The van der Waals surface area contributed by atoms with Crippen LogP contribution in [-0.4, -0.2) is 29.3 Å². The molecule has 1 aliphatic heterocycles. The Morgan fingerprint density at radius 2 is 1.82 bits per heavy atom. The van der Waals surface area contributed by atoms with Crippen molar-refractivity contribution < 1.29 is 14.4 Å². The van der Waals surface area contributed by atoms with Gasteiger partial charge in [0.1, 0.15) is 12.1 Å². The van der Waals surface area contributed by atoms with Crippen LogP contribution in [0, 0.1) is 0 Å². The molecule has 2 aromatic rings. The van der Waals surface area contributed by atoms with E-state index in [4.69, 9.17) is 23.2 Å². The van der Waals surface area contributed by atoms with Gasteiger partial charge in [0, 0.05) is 16.6 Å². The number of hydrogen-bond acceptors (Lipinski definition) is 3. The Morgan fingerprint density at radius 1 is 1.11 bits per heavy atom. The van der Waals surface area contributed by atoms with E-state index in [0.717, 1.165) is 10.5 Å². The first-order valence-electron chi connectivity index (χ1n) is 8.77. The average molecular weight is 420 g/mol. The zero-order chi connectivity index (χ0) is 20.3. The minimum absolute atomic E-state index is 0.249. The summed E-state index contributed by atoms with van der Waals surface area (Å²) in [5.74, 6) is -0.897. The molecule has 1 saturated heterocycles. The van der Waals surface area contributed by atoms with Crippen LogP contribution in [0.25, 0.3) is 0 Å². The quantitative estimate of drug-likeness (QED) is 0.703. The van der Waals surface area contributed by atoms with Crippen LogP contribution in [0.1, 0.15) is 24.5 Å². The molecule has 0 saturated carbocycles. The molecule has 146 valence electrons. The number of nitrogens with zero attached hydrogens (tertiary/aromatic N) is 1. The van der Waals surface area contributed by atoms with E-state index in [-0.39, 0.29) is 13.1 Å². The summed E-state index contributed by atoms with van der Waals surface area (Å²) in [4.78, 5) is 38.7. The van der Waals surface area contributed by atoms with Crippen LogP contribution in [-0.2, 0) is 21.7 Å². The molecule has 28 heavy (non-hydrogen) atoms. The summed E-state index contributed by atoms with van der Waals surface area (Å²) < 4.78 is 0. The van der Waals surface area contributed by atoms with E-state index in [1.165, 1.54) is 0 Å². The minimum Gasteiger partial charge on any atom is -0.350 e. The van der Waals surface area contributed by atoms with Gasteiger partial charge in [0.15, 0.2) is 0 Å². The third kappa shape index (κ3) is 3.98. The third-order valence-electron chi connectivity index (χ3n) is 4.72. The number of carbonyl (C=O) groups excluding carboxylic acids is 3. The normalized spacial score (nSPS) is 18.9. The smallest absolute Gasteiger partial charge is 0.325 e. The Bertz CT molecular complexity index is 917. The fourth-order valence-corrected chi connectivity index (χ4v) is 3.53. The molecule has 1 unspecified atom stereocenters. The number of halogens is 2. The molecule has 0 radical (unpaired) electrons. The fraction of sp³-hybridized carbons (Fsp3) is 0.250. The van der Waals surface area contributed by atoms with Gasteiger partial charge in [-0.25, -0.2) is 4.79 Å². The molecule has 2 aromatic carbocycles. The van der Waals surface area contributed by atoms with E-state index >= 15 is 0 Å². The molecule has 2 N–H and O–H groups in total. The van der Waals surface area contributed by atoms with Gasteiger partial charge in [0.25, 0.3) is 5.91 Å². The molecule has 1 fully saturated rings. The molecule has 0 bridgehead atoms. The molecule has 4 amide bonds. The van der Waals surface area contributed by atoms with Crippen LogP contribution in [0.3, 0.4) is 0 Å². The van der Waals surface area contributed by atoms with Crippen molar-refractivity contribution in [2.24, 2.45) is 0 Å². The Hall–Kier alpha value is -2.57. The zero-order valence-corrected chi connectivity index (χ0v) is 16.7. The van der Waals surface area contributed by atoms with E-state index in [1.54, 1.807) is 49.4 Å². The maximum Gasteiger partial charge on any atom is 0.325 e. The number of rotatable bonds is 6. The topological polar surface area (TPSA) is 78.5 Å². The summed E-state index contributed by atoms with van der Waals surface area (Å²) in [5, 5.41) is 6.53. The minimum atomic E-state index is -1.20. The van der Waals surface area contributed by atoms with E-state index in [1.807, 2.05) is 6.07 Å². The van der Waals surface area contributed by atoms with Crippen molar-refractivity contribution in [2.75, 3.05) is 6.54 Å². The van der Waals surface area contributed by atoms with Gasteiger partial charge in [-0.3, -0.25) is 14.5 Å². The van der Waals surface area contributed by atoms with Crippen molar-refractivity contribution in [3.63, 3.8) is 0 Å². The van der Waals surface area contributed by atoms with Crippen molar-refractivity contribution in [3.05, 3.63) is 69.7 Å². The Morgan fingerprint density at radius 3 is 2.46 bits per heavy atom. The second-order valence-electron chi connectivity index (χ2n) is 6.49. The molecule has 0 aromatic heterocycles. The molecular weight excluding hydrogens is 401 g/mol. The van der Waals surface area contributed by atoms with Crippen molar-refractivity contribution >= 4 is 41.0 Å². The summed E-state index contributed by atoms with van der Waals surface area (Å²) >= 11 is 11.8. The van der Waals surface area contributed by atoms with Crippen molar-refractivity contribution in [2.45, 2.75) is 25.4 Å². The van der Waals surface area contributed by atoms with Gasteiger partial charge >= 0.3 is 6.03 Å². The highest BCUT2D eigenvalue weighted by atomic mass is 35.5. The maximum atomic E-state index is 13.0. The lowest BCUT2D eigenvalue weighted by Crippen LogP contribution is -2.44. The lowest BCUT2D eigenvalue weighted by Gasteiger charge is -2.25. The summed E-state index contributed by atoms with van der Waals surface area (Å²) in [6.07, 6.45) is 0.347. The van der Waals surface area contributed by atoms with Crippen LogP contribution in [0.15, 0.2) is 48.5 Å². The molecule has 6 nitrogen and oxygen atoms in total. The largest absolute Gasteiger partial charge is 0.350 e. The number of urea groups is 1. The molecule has 3 rings (SSSR count). The summed E-state index contributed by atoms with van der Waals surface area (Å²) in [7, 11) is 0. The molecule has 1 aliphatic rings. The second kappa shape index (κ2) is 8.20. The van der Waals surface area contributed by atoms with E-state index in [0.29, 0.717) is 22.0 Å². The van der Waals surface area contributed by atoms with Crippen molar-refractivity contribution in [3.8, 4) is 0 Å². The van der Waals surface area contributed by atoms with Gasteiger partial charge in [0.05, 0.1) is 0 Å². The van der Waals surface area contributed by atoms with E-state index < -0.39 is 23.4 Å². The molecular formula is C20H19Cl2N3O3. The van der Waals surface area contributed by atoms with Gasteiger partial charge in [-0.1, -0.05) is 54.4 Å². The van der Waals surface area contributed by atoms with Crippen LogP contribution in [0.4, 0.5) is 4.79 Å². The predicted molar refractivity (Wildman–Crippen MR) is 107 cm³/mol. The molecule has 0 spiro atoms.